The number of aryl methyl sites for hydroxylation is 2. The minimum absolute atomic E-state index is 0.475. The number of aromatic nitrogens is 4. The number of rotatable bonds is 8. The Labute approximate surface area is 223 Å². The van der Waals surface area contributed by atoms with Crippen LogP contribution in [-0.4, -0.2) is 25.9 Å². The Morgan fingerprint density at radius 1 is 1.05 bits per heavy atom. The number of nitriles is 1. The summed E-state index contributed by atoms with van der Waals surface area (Å²) in [7, 11) is 1.94. The largest absolute Gasteiger partial charge is 0.493 e. The summed E-state index contributed by atoms with van der Waals surface area (Å²) >= 11 is 0. The highest BCUT2D eigenvalue weighted by Crippen LogP contribution is 2.31. The summed E-state index contributed by atoms with van der Waals surface area (Å²) in [5, 5.41) is 15.1. The summed E-state index contributed by atoms with van der Waals surface area (Å²) in [4.78, 5) is 4.74. The molecule has 0 bridgehead atoms. The molecule has 0 aliphatic carbocycles. The molecule has 0 radical (unpaired) electrons. The maximum atomic E-state index is 10.2. The van der Waals surface area contributed by atoms with E-state index in [1.165, 1.54) is 0 Å². The quantitative estimate of drug-likeness (QED) is 0.210. The molecule has 0 fully saturated rings. The number of imidazole rings is 1. The Kier molecular flexibility index (Phi) is 7.10. The fraction of sp³-hybridized carbons (Fsp3) is 0.219. The molecule has 0 saturated carbocycles. The first-order valence-electron chi connectivity index (χ1n) is 12.9. The predicted molar refractivity (Wildman–Crippen MR) is 153 cm³/mol. The molecule has 190 valence electrons. The lowest BCUT2D eigenvalue weighted by Crippen LogP contribution is -2.02. The highest BCUT2D eigenvalue weighted by molar-refractivity contribution is 5.93. The summed E-state index contributed by atoms with van der Waals surface area (Å²) < 4.78 is 9.85. The van der Waals surface area contributed by atoms with E-state index in [9.17, 15) is 5.26 Å². The third-order valence-electron chi connectivity index (χ3n) is 6.61. The van der Waals surface area contributed by atoms with E-state index in [1.54, 1.807) is 0 Å². The summed E-state index contributed by atoms with van der Waals surface area (Å²) in [5.74, 6) is 2.10. The molecule has 0 unspecified atom stereocenters. The van der Waals surface area contributed by atoms with Crippen LogP contribution in [0.4, 0.5) is 0 Å². The number of benzene rings is 3. The van der Waals surface area contributed by atoms with Crippen LogP contribution in [0.1, 0.15) is 37.2 Å². The molecule has 3 aromatic carbocycles. The second-order valence-corrected chi connectivity index (χ2v) is 9.88. The van der Waals surface area contributed by atoms with E-state index in [-0.39, 0.29) is 0 Å². The summed E-state index contributed by atoms with van der Waals surface area (Å²) in [6.07, 6.45) is 4.86. The molecule has 0 aliphatic rings. The zero-order valence-corrected chi connectivity index (χ0v) is 22.2. The van der Waals surface area contributed by atoms with E-state index in [2.05, 4.69) is 32.9 Å². The van der Waals surface area contributed by atoms with E-state index in [1.807, 2.05) is 95.3 Å². The van der Waals surface area contributed by atoms with Gasteiger partial charge in [0.1, 0.15) is 17.5 Å². The maximum Gasteiger partial charge on any atom is 0.151 e. The van der Waals surface area contributed by atoms with E-state index in [0.29, 0.717) is 23.9 Å². The van der Waals surface area contributed by atoms with Gasteiger partial charge in [-0.25, -0.2) is 9.67 Å². The van der Waals surface area contributed by atoms with Crippen molar-refractivity contribution in [2.75, 3.05) is 6.61 Å². The van der Waals surface area contributed by atoms with Gasteiger partial charge in [-0.3, -0.25) is 0 Å². The number of nitrogens with zero attached hydrogens (tertiary/aromatic N) is 5. The van der Waals surface area contributed by atoms with Crippen LogP contribution in [-0.2, 0) is 7.05 Å². The number of para-hydroxylation sites is 3. The number of ether oxygens (including phenoxy) is 1. The number of hydrogen-bond donors (Lipinski definition) is 0. The fourth-order valence-electron chi connectivity index (χ4n) is 4.48. The zero-order valence-electron chi connectivity index (χ0n) is 22.2. The average molecular weight is 502 g/mol. The summed E-state index contributed by atoms with van der Waals surface area (Å²) in [5.41, 5.74) is 6.89. The molecular formula is C32H31N5O. The molecule has 5 rings (SSSR count). The molecule has 0 N–H and O–H groups in total. The average Bonchev–Trinajstić information content (AvgIpc) is 3.50. The molecule has 0 saturated heterocycles. The molecule has 5 aromatic rings. The maximum absolute atomic E-state index is 10.2. The second kappa shape index (κ2) is 10.8. The molecule has 2 heterocycles. The van der Waals surface area contributed by atoms with Crippen LogP contribution in [0.5, 0.6) is 5.75 Å². The summed E-state index contributed by atoms with van der Waals surface area (Å²) in [6, 6.07) is 26.4. The van der Waals surface area contributed by atoms with Crippen molar-refractivity contribution in [2.24, 2.45) is 13.0 Å². The van der Waals surface area contributed by atoms with Gasteiger partial charge in [-0.1, -0.05) is 44.2 Å². The van der Waals surface area contributed by atoms with Crippen LogP contribution in [0.3, 0.4) is 0 Å². The smallest absolute Gasteiger partial charge is 0.151 e. The molecule has 6 nitrogen and oxygen atoms in total. The van der Waals surface area contributed by atoms with Crippen molar-refractivity contribution in [3.05, 3.63) is 95.9 Å². The van der Waals surface area contributed by atoms with Crippen LogP contribution in [0.25, 0.3) is 39.6 Å². The van der Waals surface area contributed by atoms with Gasteiger partial charge in [-0.05, 0) is 73.4 Å². The van der Waals surface area contributed by atoms with Gasteiger partial charge in [0.2, 0.25) is 0 Å². The number of allylic oxidation sites excluding steroid dienone is 1. The van der Waals surface area contributed by atoms with Crippen molar-refractivity contribution < 1.29 is 4.74 Å². The molecule has 0 amide bonds. The van der Waals surface area contributed by atoms with E-state index < -0.39 is 0 Å². The topological polar surface area (TPSA) is 68.7 Å². The molecule has 6 heteroatoms. The molecule has 0 spiro atoms. The van der Waals surface area contributed by atoms with Gasteiger partial charge < -0.3 is 9.30 Å². The Bertz CT molecular complexity index is 1650. The standard InChI is InChI=1S/C32H31N5O/c1-22(2)16-17-38-30-15-14-24(18-23(30)3)31-26(21-37(35-31)27-10-6-5-7-11-27)19-25(20-33)32-34-28-12-8-9-13-29(28)36(32)4/h5-15,18-19,21-22H,16-17H2,1-4H3/b25-19-. The first-order chi connectivity index (χ1) is 18.4. The van der Waals surface area contributed by atoms with Crippen LogP contribution >= 0.6 is 0 Å². The molecule has 0 atom stereocenters. The van der Waals surface area contributed by atoms with Gasteiger partial charge in [0.25, 0.3) is 0 Å². The van der Waals surface area contributed by atoms with Crippen LogP contribution in [0.15, 0.2) is 79.0 Å². The van der Waals surface area contributed by atoms with Crippen LogP contribution in [0, 0.1) is 24.2 Å². The van der Waals surface area contributed by atoms with Crippen molar-refractivity contribution >= 4 is 22.7 Å². The minimum Gasteiger partial charge on any atom is -0.493 e. The SMILES string of the molecule is Cc1cc(-c2nn(-c3ccccc3)cc2/C=C(/C#N)c2nc3ccccc3n2C)ccc1OCCC(C)C. The second-order valence-electron chi connectivity index (χ2n) is 9.88. The molecule has 2 aromatic heterocycles. The van der Waals surface area contributed by atoms with Crippen molar-refractivity contribution in [3.63, 3.8) is 0 Å². The molecular weight excluding hydrogens is 470 g/mol. The Morgan fingerprint density at radius 2 is 1.82 bits per heavy atom. The van der Waals surface area contributed by atoms with Crippen molar-refractivity contribution in [1.29, 1.82) is 5.26 Å². The van der Waals surface area contributed by atoms with Gasteiger partial charge in [-0.2, -0.15) is 10.4 Å². The highest BCUT2D eigenvalue weighted by Gasteiger charge is 2.17. The van der Waals surface area contributed by atoms with Gasteiger partial charge in [0, 0.05) is 24.4 Å². The van der Waals surface area contributed by atoms with Crippen LogP contribution in [0.2, 0.25) is 0 Å². The molecule has 38 heavy (non-hydrogen) atoms. The van der Waals surface area contributed by atoms with Crippen molar-refractivity contribution in [2.45, 2.75) is 27.2 Å². The Hall–Kier alpha value is -4.63. The number of fused-ring (bicyclic) bond motifs is 1. The first-order valence-corrected chi connectivity index (χ1v) is 12.9. The third-order valence-corrected chi connectivity index (χ3v) is 6.61. The van der Waals surface area contributed by atoms with Gasteiger partial charge in [0.05, 0.1) is 28.9 Å². The Balaban J connectivity index is 1.59. The van der Waals surface area contributed by atoms with Gasteiger partial charge in [-0.15, -0.1) is 0 Å². The Morgan fingerprint density at radius 3 is 2.53 bits per heavy atom. The third kappa shape index (κ3) is 5.09. The first kappa shape index (κ1) is 25.0. The predicted octanol–water partition coefficient (Wildman–Crippen LogP) is 7.22. The lowest BCUT2D eigenvalue weighted by Gasteiger charge is -2.11. The van der Waals surface area contributed by atoms with E-state index in [4.69, 9.17) is 14.8 Å². The monoisotopic (exact) mass is 501 g/mol. The van der Waals surface area contributed by atoms with Gasteiger partial charge >= 0.3 is 0 Å². The lowest BCUT2D eigenvalue weighted by atomic mass is 10.0. The summed E-state index contributed by atoms with van der Waals surface area (Å²) in [6.45, 7) is 7.14. The molecule has 0 aliphatic heterocycles. The van der Waals surface area contributed by atoms with E-state index >= 15 is 0 Å². The highest BCUT2D eigenvalue weighted by atomic mass is 16.5. The normalized spacial score (nSPS) is 11.7. The van der Waals surface area contributed by atoms with Crippen LogP contribution < -0.4 is 4.74 Å². The van der Waals surface area contributed by atoms with Gasteiger partial charge in [0.15, 0.2) is 5.82 Å². The lowest BCUT2D eigenvalue weighted by molar-refractivity contribution is 0.288. The van der Waals surface area contributed by atoms with E-state index in [0.717, 1.165) is 51.3 Å². The zero-order chi connectivity index (χ0) is 26.6. The van der Waals surface area contributed by atoms with Crippen molar-refractivity contribution in [3.8, 4) is 28.8 Å². The van der Waals surface area contributed by atoms with Crippen molar-refractivity contribution in [1.82, 2.24) is 19.3 Å². The number of hydrogen-bond acceptors (Lipinski definition) is 4. The minimum atomic E-state index is 0.475. The fourth-order valence-corrected chi connectivity index (χ4v) is 4.48.